The van der Waals surface area contributed by atoms with Crippen molar-refractivity contribution in [1.82, 2.24) is 5.09 Å². The van der Waals surface area contributed by atoms with Crippen molar-refractivity contribution in [2.24, 2.45) is 0 Å². The zero-order valence-corrected chi connectivity index (χ0v) is 12.4. The molecule has 0 aromatic heterocycles. The maximum Gasteiger partial charge on any atom is 0.323 e. The lowest BCUT2D eigenvalue weighted by molar-refractivity contribution is -0.146. The van der Waals surface area contributed by atoms with Crippen LogP contribution >= 0.6 is 7.29 Å². The summed E-state index contributed by atoms with van der Waals surface area (Å²) in [6.07, 6.45) is 0.0866. The van der Waals surface area contributed by atoms with Crippen LogP contribution in [-0.2, 0) is 25.4 Å². The quantitative estimate of drug-likeness (QED) is 0.614. The molecular weight excluding hydrogens is 265 g/mol. The molecule has 0 aliphatic carbocycles. The molecule has 5 nitrogen and oxygen atoms in total. The Balaban J connectivity index is 2.43. The van der Waals surface area contributed by atoms with Crippen molar-refractivity contribution in [2.75, 3.05) is 20.1 Å². The zero-order chi connectivity index (χ0) is 14.3. The summed E-state index contributed by atoms with van der Waals surface area (Å²) in [4.78, 5) is 11.8. The number of carbonyl (C=O) groups excluding carboxylic acids is 1. The molecule has 0 aliphatic rings. The second kappa shape index (κ2) is 7.43. The monoisotopic (exact) mass is 285 g/mol. The normalized spacial score (nSPS) is 15.5. The molecule has 1 aromatic rings. The highest BCUT2D eigenvalue weighted by Crippen LogP contribution is 2.36. The Hall–Kier alpha value is -1.16. The molecule has 0 aliphatic heterocycles. The number of hydrogen-bond acceptors (Lipinski definition) is 4. The highest BCUT2D eigenvalue weighted by Gasteiger charge is 2.23. The Morgan fingerprint density at radius 3 is 2.58 bits per heavy atom. The smallest absolute Gasteiger partial charge is 0.323 e. The molecular formula is C13H20NO4P. The first-order chi connectivity index (χ1) is 8.94. The third kappa shape index (κ3) is 6.01. The van der Waals surface area contributed by atoms with Crippen molar-refractivity contribution < 1.29 is 18.8 Å². The van der Waals surface area contributed by atoms with E-state index in [9.17, 15) is 9.36 Å². The molecule has 0 saturated heterocycles. The minimum Gasteiger partial charge on any atom is -0.460 e. The second-order valence-electron chi connectivity index (χ2n) is 4.46. The zero-order valence-electron chi connectivity index (χ0n) is 11.5. The van der Waals surface area contributed by atoms with Gasteiger partial charge in [0.2, 0.25) is 0 Å². The summed E-state index contributed by atoms with van der Waals surface area (Å²) in [5, 5.41) is 2.75. The van der Waals surface area contributed by atoms with Gasteiger partial charge < -0.3 is 14.0 Å². The minimum atomic E-state index is -2.67. The molecule has 0 amide bonds. The van der Waals surface area contributed by atoms with Crippen molar-refractivity contribution >= 4 is 13.3 Å². The van der Waals surface area contributed by atoms with E-state index in [2.05, 4.69) is 5.09 Å². The molecule has 6 heteroatoms. The lowest BCUT2D eigenvalue weighted by Gasteiger charge is -2.18. The summed E-state index contributed by atoms with van der Waals surface area (Å²) in [5.74, 6) is -0.429. The summed E-state index contributed by atoms with van der Waals surface area (Å²) in [5.41, 5.74) is 0.916. The lowest BCUT2D eigenvalue weighted by Crippen LogP contribution is -2.33. The molecule has 0 heterocycles. The molecule has 2 atom stereocenters. The van der Waals surface area contributed by atoms with Gasteiger partial charge in [0.1, 0.15) is 19.0 Å². The van der Waals surface area contributed by atoms with Crippen LogP contribution in [0.2, 0.25) is 0 Å². The van der Waals surface area contributed by atoms with Crippen LogP contribution in [0.1, 0.15) is 12.5 Å². The van der Waals surface area contributed by atoms with E-state index in [1.807, 2.05) is 30.3 Å². The highest BCUT2D eigenvalue weighted by atomic mass is 31.2. The summed E-state index contributed by atoms with van der Waals surface area (Å²) in [6.45, 7) is 3.38. The molecule has 0 spiro atoms. The van der Waals surface area contributed by atoms with Gasteiger partial charge in [-0.05, 0) is 12.5 Å². The average molecular weight is 285 g/mol. The van der Waals surface area contributed by atoms with E-state index >= 15 is 0 Å². The van der Waals surface area contributed by atoms with Crippen molar-refractivity contribution in [3.8, 4) is 0 Å². The third-order valence-electron chi connectivity index (χ3n) is 2.42. The number of carbonyl (C=O) groups is 1. The Kier molecular flexibility index (Phi) is 6.22. The SMILES string of the molecule is COCP(C)(=O)NC(C)C(=O)OCc1ccccc1. The van der Waals surface area contributed by atoms with E-state index in [1.165, 1.54) is 13.8 Å². The van der Waals surface area contributed by atoms with Crippen molar-refractivity contribution in [2.45, 2.75) is 19.6 Å². The van der Waals surface area contributed by atoms with Gasteiger partial charge in [0.15, 0.2) is 7.29 Å². The van der Waals surface area contributed by atoms with Crippen LogP contribution in [-0.4, -0.2) is 32.1 Å². The fourth-order valence-electron chi connectivity index (χ4n) is 1.60. The molecule has 1 aromatic carbocycles. The third-order valence-corrected chi connectivity index (χ3v) is 4.10. The number of rotatable bonds is 7. The van der Waals surface area contributed by atoms with Crippen LogP contribution in [0, 0.1) is 0 Å². The molecule has 1 rings (SSSR count). The van der Waals surface area contributed by atoms with Crippen LogP contribution in [0.25, 0.3) is 0 Å². The van der Waals surface area contributed by atoms with Gasteiger partial charge in [0, 0.05) is 13.8 Å². The first kappa shape index (κ1) is 15.9. The number of benzene rings is 1. The van der Waals surface area contributed by atoms with Gasteiger partial charge in [-0.15, -0.1) is 0 Å². The van der Waals surface area contributed by atoms with Gasteiger partial charge in [0.25, 0.3) is 0 Å². The van der Waals surface area contributed by atoms with E-state index in [0.717, 1.165) is 5.56 Å². The predicted octanol–water partition coefficient (Wildman–Crippen LogP) is 2.22. The van der Waals surface area contributed by atoms with Gasteiger partial charge in [-0.25, -0.2) is 0 Å². The average Bonchev–Trinajstić information content (AvgIpc) is 2.36. The molecule has 2 unspecified atom stereocenters. The number of ether oxygens (including phenoxy) is 2. The summed E-state index contributed by atoms with van der Waals surface area (Å²) < 4.78 is 21.9. The molecule has 0 bridgehead atoms. The van der Waals surface area contributed by atoms with Crippen molar-refractivity contribution in [3.63, 3.8) is 0 Å². The molecule has 19 heavy (non-hydrogen) atoms. The van der Waals surface area contributed by atoms with E-state index in [0.29, 0.717) is 0 Å². The minimum absolute atomic E-state index is 0.0866. The Morgan fingerprint density at radius 2 is 2.00 bits per heavy atom. The van der Waals surface area contributed by atoms with E-state index in [-0.39, 0.29) is 13.0 Å². The van der Waals surface area contributed by atoms with Gasteiger partial charge in [0.05, 0.1) is 0 Å². The Bertz CT molecular complexity index is 449. The van der Waals surface area contributed by atoms with Gasteiger partial charge in [-0.2, -0.15) is 0 Å². The number of hydrogen-bond donors (Lipinski definition) is 1. The predicted molar refractivity (Wildman–Crippen MR) is 74.2 cm³/mol. The largest absolute Gasteiger partial charge is 0.460 e. The van der Waals surface area contributed by atoms with Crippen LogP contribution in [0.5, 0.6) is 0 Å². The fourth-order valence-corrected chi connectivity index (χ4v) is 3.09. The highest BCUT2D eigenvalue weighted by molar-refractivity contribution is 7.60. The van der Waals surface area contributed by atoms with E-state index in [4.69, 9.17) is 9.47 Å². The first-order valence-electron chi connectivity index (χ1n) is 5.98. The van der Waals surface area contributed by atoms with Crippen LogP contribution in [0.4, 0.5) is 0 Å². The van der Waals surface area contributed by atoms with E-state index < -0.39 is 19.3 Å². The van der Waals surface area contributed by atoms with Crippen molar-refractivity contribution in [3.05, 3.63) is 35.9 Å². The molecule has 0 radical (unpaired) electrons. The number of methoxy groups -OCH3 is 1. The topological polar surface area (TPSA) is 64.6 Å². The first-order valence-corrected chi connectivity index (χ1v) is 8.32. The standard InChI is InChI=1S/C13H20NO4P/c1-11(14-19(3,16)10-17-2)13(15)18-9-12-7-5-4-6-8-12/h4-8,11H,9-10H2,1-3H3,(H,14,16). The van der Waals surface area contributed by atoms with Crippen LogP contribution in [0.15, 0.2) is 30.3 Å². The second-order valence-corrected chi connectivity index (χ2v) is 7.18. The van der Waals surface area contributed by atoms with Crippen LogP contribution < -0.4 is 5.09 Å². The summed E-state index contributed by atoms with van der Waals surface area (Å²) in [7, 11) is -1.20. The maximum atomic E-state index is 12.0. The maximum absolute atomic E-state index is 12.0. The van der Waals surface area contributed by atoms with Gasteiger partial charge >= 0.3 is 5.97 Å². The van der Waals surface area contributed by atoms with Crippen molar-refractivity contribution in [1.29, 1.82) is 0 Å². The van der Waals surface area contributed by atoms with Crippen LogP contribution in [0.3, 0.4) is 0 Å². The van der Waals surface area contributed by atoms with Gasteiger partial charge in [-0.3, -0.25) is 9.88 Å². The Labute approximate surface area is 113 Å². The molecule has 106 valence electrons. The summed E-state index contributed by atoms with van der Waals surface area (Å²) >= 11 is 0. The molecule has 1 N–H and O–H groups in total. The fraction of sp³-hybridized carbons (Fsp3) is 0.462. The van der Waals surface area contributed by atoms with E-state index in [1.54, 1.807) is 6.92 Å². The number of nitrogens with one attached hydrogen (secondary N) is 1. The number of esters is 1. The molecule has 0 saturated carbocycles. The van der Waals surface area contributed by atoms with Gasteiger partial charge in [-0.1, -0.05) is 30.3 Å². The molecule has 0 fully saturated rings. The Morgan fingerprint density at radius 1 is 1.37 bits per heavy atom. The lowest BCUT2D eigenvalue weighted by atomic mass is 10.2. The summed E-state index contributed by atoms with van der Waals surface area (Å²) in [6, 6.07) is 8.78.